The van der Waals surface area contributed by atoms with Crippen molar-refractivity contribution < 1.29 is 80.2 Å². The van der Waals surface area contributed by atoms with E-state index in [0.717, 1.165) is 186 Å². The largest absolute Gasteiger partial charge is 0.472 e. The summed E-state index contributed by atoms with van der Waals surface area (Å²) in [6.45, 7) is 3.51. The van der Waals surface area contributed by atoms with Gasteiger partial charge in [-0.05, 0) is 122 Å². The molecule has 98 heavy (non-hydrogen) atoms. The minimum absolute atomic E-state index is 0.0908. The number of ether oxygens (including phenoxy) is 4. The standard InChI is InChI=1S/C79H144O17P2/c1-4-7-10-13-16-19-22-25-29-34-39-44-49-54-59-64-78(83)91-71-76(96-79(84)65-60-55-50-45-40-35-30-26-23-20-17-14-11-8-5-2)73-95-98(87,88)93-69-74(81)68-92-97(85,86)94-72-75(70-90-77(82)63-58-53-48-43-38-33-24-21-18-15-12-9-6-3)89-67-62-57-52-47-42-37-32-28-27-31-36-41-46-51-56-61-66-80/h16-17,19-20,25-27,29-31,66,74-76,81H,4-15,18,21-24,28,32-65,67-73H2,1-3H3,(H,85,86)(H,87,88)/b19-16-,20-17-,29-25-,30-26-,31-27-/t74-,75+,76+/m0/s1. The molecule has 0 rings (SSSR count). The summed E-state index contributed by atoms with van der Waals surface area (Å²) in [7, 11) is -9.79. The molecule has 0 fully saturated rings. The zero-order valence-corrected chi connectivity index (χ0v) is 64.0. The van der Waals surface area contributed by atoms with Crippen LogP contribution in [0.1, 0.15) is 355 Å². The normalized spacial score (nSPS) is 14.3. The molecule has 0 saturated carbocycles. The number of hydrogen-bond acceptors (Lipinski definition) is 15. The van der Waals surface area contributed by atoms with Crippen LogP contribution in [-0.4, -0.2) is 104 Å². The van der Waals surface area contributed by atoms with E-state index in [1.807, 2.05) is 0 Å². The lowest BCUT2D eigenvalue weighted by Gasteiger charge is -2.21. The van der Waals surface area contributed by atoms with Crippen LogP contribution >= 0.6 is 15.6 Å². The number of phosphoric ester groups is 2. The molecule has 0 saturated heterocycles. The number of rotatable bonds is 77. The van der Waals surface area contributed by atoms with Gasteiger partial charge in [0.05, 0.1) is 26.4 Å². The van der Waals surface area contributed by atoms with Gasteiger partial charge in [0, 0.05) is 32.3 Å². The Bertz CT molecular complexity index is 2060. The Balaban J connectivity index is 5.27. The van der Waals surface area contributed by atoms with Gasteiger partial charge in [0.1, 0.15) is 31.7 Å². The molecular formula is C79H144O17P2. The monoisotopic (exact) mass is 1430 g/mol. The lowest BCUT2D eigenvalue weighted by Crippen LogP contribution is -2.30. The topological polar surface area (TPSA) is 237 Å². The molecule has 572 valence electrons. The fraction of sp³-hybridized carbons (Fsp3) is 0.823. The van der Waals surface area contributed by atoms with Crippen molar-refractivity contribution in [3.05, 3.63) is 60.8 Å². The summed E-state index contributed by atoms with van der Waals surface area (Å²) in [6, 6.07) is 0. The Morgan fingerprint density at radius 3 is 0.980 bits per heavy atom. The van der Waals surface area contributed by atoms with E-state index in [1.165, 1.54) is 109 Å². The van der Waals surface area contributed by atoms with E-state index in [2.05, 4.69) is 81.5 Å². The number of aliphatic hydroxyl groups is 1. The van der Waals surface area contributed by atoms with E-state index in [-0.39, 0.29) is 25.9 Å². The van der Waals surface area contributed by atoms with Crippen molar-refractivity contribution in [1.29, 1.82) is 0 Å². The number of esters is 3. The molecule has 2 unspecified atom stereocenters. The summed E-state index contributed by atoms with van der Waals surface area (Å²) in [6.07, 6.45) is 72.6. The van der Waals surface area contributed by atoms with E-state index in [1.54, 1.807) is 0 Å². The molecule has 3 N–H and O–H groups in total. The smallest absolute Gasteiger partial charge is 0.463 e. The number of unbranched alkanes of at least 4 members (excludes halogenated alkanes) is 40. The van der Waals surface area contributed by atoms with Crippen LogP contribution in [0.25, 0.3) is 0 Å². The highest BCUT2D eigenvalue weighted by Gasteiger charge is 2.30. The molecule has 0 spiro atoms. The van der Waals surface area contributed by atoms with E-state index in [0.29, 0.717) is 32.3 Å². The molecular weight excluding hydrogens is 1280 g/mol. The summed E-state index contributed by atoms with van der Waals surface area (Å²) in [5, 5.41) is 10.6. The molecule has 0 amide bonds. The minimum Gasteiger partial charge on any atom is -0.463 e. The first-order chi connectivity index (χ1) is 47.8. The van der Waals surface area contributed by atoms with Gasteiger partial charge in [0.25, 0.3) is 0 Å². The number of aliphatic hydroxyl groups excluding tert-OH is 1. The van der Waals surface area contributed by atoms with Crippen LogP contribution in [0.15, 0.2) is 60.8 Å². The van der Waals surface area contributed by atoms with Crippen molar-refractivity contribution in [2.24, 2.45) is 0 Å². The van der Waals surface area contributed by atoms with Crippen LogP contribution in [0, 0.1) is 0 Å². The second kappa shape index (κ2) is 73.7. The van der Waals surface area contributed by atoms with Gasteiger partial charge >= 0.3 is 33.6 Å². The second-order valence-corrected chi connectivity index (χ2v) is 29.5. The van der Waals surface area contributed by atoms with Gasteiger partial charge in [-0.2, -0.15) is 0 Å². The molecule has 0 heterocycles. The van der Waals surface area contributed by atoms with E-state index < -0.39 is 84.9 Å². The van der Waals surface area contributed by atoms with Crippen molar-refractivity contribution in [2.45, 2.75) is 373 Å². The number of hydrogen-bond donors (Lipinski definition) is 3. The van der Waals surface area contributed by atoms with E-state index in [4.69, 9.17) is 37.0 Å². The molecule has 0 bridgehead atoms. The third-order valence-corrected chi connectivity index (χ3v) is 18.9. The first kappa shape index (κ1) is 94.9. The molecule has 0 aromatic rings. The van der Waals surface area contributed by atoms with Crippen molar-refractivity contribution in [2.75, 3.05) is 46.2 Å². The second-order valence-electron chi connectivity index (χ2n) is 26.6. The number of carbonyl (C=O) groups is 4. The van der Waals surface area contributed by atoms with Gasteiger partial charge < -0.3 is 38.6 Å². The molecule has 19 heteroatoms. The van der Waals surface area contributed by atoms with Crippen molar-refractivity contribution in [3.8, 4) is 0 Å². The maximum atomic E-state index is 13.1. The van der Waals surface area contributed by atoms with Crippen molar-refractivity contribution >= 4 is 39.8 Å². The summed E-state index contributed by atoms with van der Waals surface area (Å²) >= 11 is 0. The van der Waals surface area contributed by atoms with Crippen LogP contribution in [0.5, 0.6) is 0 Å². The third-order valence-electron chi connectivity index (χ3n) is 17.0. The Morgan fingerprint density at radius 2 is 0.602 bits per heavy atom. The molecule has 17 nitrogen and oxygen atoms in total. The fourth-order valence-corrected chi connectivity index (χ4v) is 12.5. The first-order valence-electron chi connectivity index (χ1n) is 39.5. The fourth-order valence-electron chi connectivity index (χ4n) is 10.9. The molecule has 0 aliphatic heterocycles. The highest BCUT2D eigenvalue weighted by molar-refractivity contribution is 7.47. The van der Waals surface area contributed by atoms with Gasteiger partial charge in [-0.25, -0.2) is 9.13 Å². The molecule has 0 aromatic heterocycles. The summed E-state index contributed by atoms with van der Waals surface area (Å²) in [5.74, 6) is -1.47. The number of allylic oxidation sites excluding steroid dienone is 10. The van der Waals surface area contributed by atoms with Crippen LogP contribution in [0.4, 0.5) is 0 Å². The summed E-state index contributed by atoms with van der Waals surface area (Å²) in [4.78, 5) is 70.4. The maximum Gasteiger partial charge on any atom is 0.472 e. The summed E-state index contributed by atoms with van der Waals surface area (Å²) in [5.41, 5.74) is 0. The van der Waals surface area contributed by atoms with Crippen LogP contribution in [-0.2, 0) is 65.4 Å². The average molecular weight is 1430 g/mol. The predicted octanol–water partition coefficient (Wildman–Crippen LogP) is 22.3. The molecule has 0 aromatic carbocycles. The number of phosphoric acid groups is 2. The summed E-state index contributed by atoms with van der Waals surface area (Å²) < 4.78 is 69.3. The Morgan fingerprint density at radius 1 is 0.327 bits per heavy atom. The van der Waals surface area contributed by atoms with E-state index >= 15 is 0 Å². The van der Waals surface area contributed by atoms with Gasteiger partial charge in [-0.15, -0.1) is 0 Å². The van der Waals surface area contributed by atoms with Gasteiger partial charge in [0.15, 0.2) is 6.10 Å². The molecule has 0 radical (unpaired) electrons. The first-order valence-corrected chi connectivity index (χ1v) is 42.5. The van der Waals surface area contributed by atoms with Crippen LogP contribution in [0.2, 0.25) is 0 Å². The van der Waals surface area contributed by atoms with Crippen molar-refractivity contribution in [1.82, 2.24) is 0 Å². The molecule has 0 aliphatic rings. The Hall–Kier alpha value is -3.08. The average Bonchev–Trinajstić information content (AvgIpc) is 1.03. The lowest BCUT2D eigenvalue weighted by molar-refractivity contribution is -0.161. The minimum atomic E-state index is -4.94. The zero-order valence-electron chi connectivity index (χ0n) is 62.3. The Labute approximate surface area is 597 Å². The van der Waals surface area contributed by atoms with Crippen LogP contribution in [0.3, 0.4) is 0 Å². The predicted molar refractivity (Wildman–Crippen MR) is 400 cm³/mol. The maximum absolute atomic E-state index is 13.1. The number of aldehydes is 1. The van der Waals surface area contributed by atoms with Crippen LogP contribution < -0.4 is 0 Å². The highest BCUT2D eigenvalue weighted by atomic mass is 31.2. The lowest BCUT2D eigenvalue weighted by atomic mass is 10.0. The quantitative estimate of drug-likeness (QED) is 0.0128. The van der Waals surface area contributed by atoms with Gasteiger partial charge in [-0.1, -0.05) is 268 Å². The van der Waals surface area contributed by atoms with Crippen molar-refractivity contribution in [3.63, 3.8) is 0 Å². The zero-order chi connectivity index (χ0) is 71.6. The Kier molecular flexibility index (Phi) is 71.3. The van der Waals surface area contributed by atoms with E-state index in [9.17, 15) is 43.2 Å². The third kappa shape index (κ3) is 72.7. The molecule has 5 atom stereocenters. The highest BCUT2D eigenvalue weighted by Crippen LogP contribution is 2.45. The SMILES string of the molecule is CCCCC/C=C\C/C=C\CCCCCCCC(=O)OC[C@H](COP(=O)(O)OC[C@@H](O)COP(=O)(O)OC[C@@H](COC(=O)CCCCCCCCCCCCCCC)OCCCCCCCCC/C=C\CCCCCCC=O)OC(=O)CCCCCCC/C=C\C/C=C\CCCCC. The molecule has 0 aliphatic carbocycles. The van der Waals surface area contributed by atoms with Gasteiger partial charge in [-0.3, -0.25) is 32.5 Å². The van der Waals surface area contributed by atoms with Gasteiger partial charge in [0.2, 0.25) is 0 Å². The number of carbonyl (C=O) groups excluding carboxylic acids is 4.